The summed E-state index contributed by atoms with van der Waals surface area (Å²) in [5, 5.41) is 2.67. The van der Waals surface area contributed by atoms with Crippen LogP contribution in [0.3, 0.4) is 0 Å². The highest BCUT2D eigenvalue weighted by atomic mass is 32.2. The molecule has 2 heterocycles. The Balaban J connectivity index is 1.52. The van der Waals surface area contributed by atoms with Gasteiger partial charge in [0.15, 0.2) is 15.6 Å². The molecule has 27 heavy (non-hydrogen) atoms. The maximum Gasteiger partial charge on any atom is 0.291 e. The minimum absolute atomic E-state index is 0.0344. The van der Waals surface area contributed by atoms with Crippen molar-refractivity contribution in [2.75, 3.05) is 11.6 Å². The SMILES string of the molecule is CS(=O)(=O)c1coc(C(=O)Nc2ccc(-c3nc4ccccc4[nH]3)cc2)c1. The number of carbonyl (C=O) groups is 1. The Kier molecular flexibility index (Phi) is 4.04. The average molecular weight is 381 g/mol. The minimum Gasteiger partial charge on any atom is -0.458 e. The fraction of sp³-hybridized carbons (Fsp3) is 0.0526. The van der Waals surface area contributed by atoms with E-state index >= 15 is 0 Å². The first-order valence-corrected chi connectivity index (χ1v) is 9.94. The number of fused-ring (bicyclic) bond motifs is 1. The first-order valence-electron chi connectivity index (χ1n) is 8.05. The molecular formula is C19H15N3O4S. The van der Waals surface area contributed by atoms with Gasteiger partial charge in [0.1, 0.15) is 17.0 Å². The van der Waals surface area contributed by atoms with E-state index in [0.717, 1.165) is 34.9 Å². The van der Waals surface area contributed by atoms with E-state index in [1.54, 1.807) is 12.1 Å². The number of amides is 1. The zero-order valence-corrected chi connectivity index (χ0v) is 15.1. The van der Waals surface area contributed by atoms with Crippen LogP contribution in [0.25, 0.3) is 22.4 Å². The van der Waals surface area contributed by atoms with E-state index in [9.17, 15) is 13.2 Å². The molecule has 0 atom stereocenters. The quantitative estimate of drug-likeness (QED) is 0.563. The van der Waals surface area contributed by atoms with Gasteiger partial charge in [0.2, 0.25) is 0 Å². The van der Waals surface area contributed by atoms with Gasteiger partial charge in [-0.1, -0.05) is 12.1 Å². The predicted octanol–water partition coefficient (Wildman–Crippen LogP) is 3.48. The third-order valence-corrected chi connectivity index (χ3v) is 5.10. The normalized spacial score (nSPS) is 11.6. The van der Waals surface area contributed by atoms with E-state index in [4.69, 9.17) is 4.42 Å². The van der Waals surface area contributed by atoms with Gasteiger partial charge in [-0.15, -0.1) is 0 Å². The van der Waals surface area contributed by atoms with Gasteiger partial charge in [0, 0.05) is 23.6 Å². The van der Waals surface area contributed by atoms with E-state index in [0.29, 0.717) is 5.69 Å². The maximum atomic E-state index is 12.2. The number of rotatable bonds is 4. The number of sulfone groups is 1. The van der Waals surface area contributed by atoms with Gasteiger partial charge in [-0.2, -0.15) is 0 Å². The first kappa shape index (κ1) is 17.0. The lowest BCUT2D eigenvalue weighted by atomic mass is 10.2. The van der Waals surface area contributed by atoms with E-state index in [-0.39, 0.29) is 10.7 Å². The van der Waals surface area contributed by atoms with E-state index in [2.05, 4.69) is 15.3 Å². The molecule has 4 rings (SSSR count). The molecule has 0 saturated carbocycles. The highest BCUT2D eigenvalue weighted by Gasteiger charge is 2.16. The minimum atomic E-state index is -3.42. The molecule has 8 heteroatoms. The number of benzene rings is 2. The lowest BCUT2D eigenvalue weighted by molar-refractivity contribution is 0.0996. The van der Waals surface area contributed by atoms with Crippen molar-refractivity contribution >= 4 is 32.5 Å². The van der Waals surface area contributed by atoms with Crippen LogP contribution >= 0.6 is 0 Å². The van der Waals surface area contributed by atoms with Gasteiger partial charge in [-0.3, -0.25) is 4.79 Å². The second kappa shape index (κ2) is 6.40. The summed E-state index contributed by atoms with van der Waals surface area (Å²) in [6, 6.07) is 16.1. The summed E-state index contributed by atoms with van der Waals surface area (Å²) in [5.74, 6) is 0.135. The Bertz CT molecular complexity index is 1200. The second-order valence-electron chi connectivity index (χ2n) is 6.05. The summed E-state index contributed by atoms with van der Waals surface area (Å²) < 4.78 is 28.0. The van der Waals surface area contributed by atoms with Crippen LogP contribution in [0.4, 0.5) is 5.69 Å². The molecule has 0 fully saturated rings. The molecule has 0 radical (unpaired) electrons. The van der Waals surface area contributed by atoms with E-state index < -0.39 is 15.7 Å². The molecule has 0 aliphatic heterocycles. The maximum absolute atomic E-state index is 12.2. The molecule has 2 aromatic carbocycles. The topological polar surface area (TPSA) is 105 Å². The number of hydrogen-bond donors (Lipinski definition) is 2. The fourth-order valence-corrected chi connectivity index (χ4v) is 3.17. The number of imidazole rings is 1. The van der Waals surface area contributed by atoms with Gasteiger partial charge in [-0.25, -0.2) is 13.4 Å². The summed E-state index contributed by atoms with van der Waals surface area (Å²) in [6.45, 7) is 0. The molecule has 0 bridgehead atoms. The zero-order chi connectivity index (χ0) is 19.0. The summed E-state index contributed by atoms with van der Waals surface area (Å²) in [5.41, 5.74) is 3.26. The third-order valence-electron chi connectivity index (χ3n) is 4.03. The van der Waals surface area contributed by atoms with Crippen molar-refractivity contribution in [3.63, 3.8) is 0 Å². The zero-order valence-electron chi connectivity index (χ0n) is 14.3. The molecule has 136 valence electrons. The molecular weight excluding hydrogens is 366 g/mol. The number of hydrogen-bond acceptors (Lipinski definition) is 5. The van der Waals surface area contributed by atoms with Gasteiger partial charge < -0.3 is 14.7 Å². The smallest absolute Gasteiger partial charge is 0.291 e. The van der Waals surface area contributed by atoms with Crippen molar-refractivity contribution in [3.8, 4) is 11.4 Å². The van der Waals surface area contributed by atoms with Crippen molar-refractivity contribution in [2.24, 2.45) is 0 Å². The standard InChI is InChI=1S/C19H15N3O4S/c1-27(24,25)14-10-17(26-11-14)19(23)20-13-8-6-12(7-9-13)18-21-15-4-2-3-5-16(15)22-18/h2-11H,1H3,(H,20,23)(H,21,22). The van der Waals surface area contributed by atoms with Crippen LogP contribution in [0, 0.1) is 0 Å². The molecule has 1 amide bonds. The second-order valence-corrected chi connectivity index (χ2v) is 8.07. The predicted molar refractivity (Wildman–Crippen MR) is 101 cm³/mol. The highest BCUT2D eigenvalue weighted by Crippen LogP contribution is 2.22. The van der Waals surface area contributed by atoms with Crippen LogP contribution in [0.2, 0.25) is 0 Å². The van der Waals surface area contributed by atoms with Crippen LogP contribution < -0.4 is 5.32 Å². The Morgan fingerprint density at radius 2 is 1.85 bits per heavy atom. The number of para-hydroxylation sites is 2. The fourth-order valence-electron chi connectivity index (χ4n) is 2.63. The summed E-state index contributed by atoms with van der Waals surface area (Å²) in [4.78, 5) is 20.0. The first-order chi connectivity index (χ1) is 12.9. The largest absolute Gasteiger partial charge is 0.458 e. The number of aromatic nitrogens is 2. The molecule has 2 N–H and O–H groups in total. The van der Waals surface area contributed by atoms with Crippen LogP contribution in [0.15, 0.2) is 70.2 Å². The molecule has 0 unspecified atom stereocenters. The molecule has 2 aromatic heterocycles. The molecule has 4 aromatic rings. The number of H-pyrrole nitrogens is 1. The van der Waals surface area contributed by atoms with Gasteiger partial charge in [0.05, 0.1) is 11.0 Å². The van der Waals surface area contributed by atoms with Crippen molar-refractivity contribution in [1.29, 1.82) is 0 Å². The molecule has 0 aliphatic carbocycles. The van der Waals surface area contributed by atoms with Crippen LogP contribution in [0.1, 0.15) is 10.6 Å². The average Bonchev–Trinajstić information content (AvgIpc) is 3.29. The van der Waals surface area contributed by atoms with Crippen molar-refractivity contribution in [3.05, 3.63) is 66.6 Å². The summed E-state index contributed by atoms with van der Waals surface area (Å²) >= 11 is 0. The number of anilines is 1. The van der Waals surface area contributed by atoms with Crippen molar-refractivity contribution < 1.29 is 17.6 Å². The van der Waals surface area contributed by atoms with E-state index in [1.165, 1.54) is 6.07 Å². The lowest BCUT2D eigenvalue weighted by Crippen LogP contribution is -2.10. The monoisotopic (exact) mass is 381 g/mol. The lowest BCUT2D eigenvalue weighted by Gasteiger charge is -2.04. The molecule has 0 spiro atoms. The Hall–Kier alpha value is -3.39. The number of furan rings is 1. The molecule has 0 saturated heterocycles. The Labute approximate surface area is 155 Å². The molecule has 7 nitrogen and oxygen atoms in total. The van der Waals surface area contributed by atoms with Crippen molar-refractivity contribution in [1.82, 2.24) is 9.97 Å². The van der Waals surface area contributed by atoms with Gasteiger partial charge in [0.25, 0.3) is 5.91 Å². The van der Waals surface area contributed by atoms with Crippen LogP contribution in [0.5, 0.6) is 0 Å². The number of aromatic amines is 1. The Morgan fingerprint density at radius 3 is 2.52 bits per heavy atom. The third kappa shape index (κ3) is 3.47. The summed E-state index contributed by atoms with van der Waals surface area (Å²) in [6.07, 6.45) is 2.10. The van der Waals surface area contributed by atoms with Gasteiger partial charge >= 0.3 is 0 Å². The van der Waals surface area contributed by atoms with Gasteiger partial charge in [-0.05, 0) is 36.4 Å². The number of carbonyl (C=O) groups excluding carboxylic acids is 1. The van der Waals surface area contributed by atoms with E-state index in [1.807, 2.05) is 36.4 Å². The Morgan fingerprint density at radius 1 is 1.11 bits per heavy atom. The van der Waals surface area contributed by atoms with Crippen molar-refractivity contribution in [2.45, 2.75) is 4.90 Å². The highest BCUT2D eigenvalue weighted by molar-refractivity contribution is 7.90. The summed E-state index contributed by atoms with van der Waals surface area (Å²) in [7, 11) is -3.42. The van der Waals surface area contributed by atoms with Crippen LogP contribution in [-0.4, -0.2) is 30.5 Å². The number of nitrogens with one attached hydrogen (secondary N) is 2. The number of nitrogens with zero attached hydrogens (tertiary/aromatic N) is 1. The molecule has 0 aliphatic rings. The van der Waals surface area contributed by atoms with Crippen LogP contribution in [-0.2, 0) is 9.84 Å².